The number of ether oxygens (including phenoxy) is 2. The van der Waals surface area contributed by atoms with Crippen molar-refractivity contribution < 1.29 is 18.8 Å². The van der Waals surface area contributed by atoms with E-state index >= 15 is 0 Å². The molecular weight excluding hydrogens is 412 g/mol. The minimum Gasteiger partial charge on any atom is -0.481 e. The molecule has 0 N–H and O–H groups in total. The van der Waals surface area contributed by atoms with E-state index < -0.39 is 0 Å². The maximum atomic E-state index is 13.2. The second kappa shape index (κ2) is 9.98. The molecule has 1 aliphatic carbocycles. The van der Waals surface area contributed by atoms with E-state index in [2.05, 4.69) is 44.4 Å². The Morgan fingerprint density at radius 1 is 1.12 bits per heavy atom. The third kappa shape index (κ3) is 5.23. The number of para-hydroxylation sites is 2. The summed E-state index contributed by atoms with van der Waals surface area (Å²) in [7, 11) is 2.02. The first-order chi connectivity index (χ1) is 15.8. The number of hydrogen-bond acceptors (Lipinski definition) is 3. The van der Waals surface area contributed by atoms with Crippen LogP contribution in [0.5, 0.6) is 5.75 Å². The molecule has 1 saturated carbocycles. The number of benzene rings is 2. The number of hydrogen-bond donors (Lipinski definition) is 0. The number of nitrogens with zero attached hydrogens (tertiary/aromatic N) is 2. The zero-order valence-corrected chi connectivity index (χ0v) is 20.6. The number of aromatic nitrogens is 2. The van der Waals surface area contributed by atoms with Gasteiger partial charge in [0.25, 0.3) is 5.82 Å². The number of esters is 1. The first kappa shape index (κ1) is 23.3. The molecule has 3 unspecified atom stereocenters. The van der Waals surface area contributed by atoms with Crippen molar-refractivity contribution in [2.24, 2.45) is 24.8 Å². The smallest absolute Gasteiger partial charge is 0.348 e. The SMILES string of the molecule is Cc1ccc(OCc2n(CC(=O)OC3CC(C)CCC3C(C)C)c3ccccc3[n+]2C)cc1. The fraction of sp³-hybridized carbons (Fsp3) is 0.500. The standard InChI is InChI=1S/C28H37N2O3/c1-19(2)23-15-12-21(4)16-26(23)33-28(31)17-30-25-9-7-6-8-24(25)29(5)27(30)18-32-22-13-10-20(3)11-14-22/h6-11,13-14,19,21,23,26H,12,15-18H2,1-5H3/q+1. The van der Waals surface area contributed by atoms with E-state index in [0.29, 0.717) is 24.4 Å². The molecule has 0 aliphatic heterocycles. The van der Waals surface area contributed by atoms with Crippen LogP contribution in [0.15, 0.2) is 48.5 Å². The van der Waals surface area contributed by atoms with Crippen molar-refractivity contribution in [3.05, 3.63) is 59.9 Å². The average molecular weight is 450 g/mol. The Hall–Kier alpha value is -2.82. The first-order valence-corrected chi connectivity index (χ1v) is 12.2. The van der Waals surface area contributed by atoms with Gasteiger partial charge in [-0.25, -0.2) is 13.9 Å². The summed E-state index contributed by atoms with van der Waals surface area (Å²) < 4.78 is 16.4. The van der Waals surface area contributed by atoms with Gasteiger partial charge in [-0.05, 0) is 61.8 Å². The third-order valence-corrected chi connectivity index (χ3v) is 7.15. The van der Waals surface area contributed by atoms with Crippen molar-refractivity contribution in [2.45, 2.75) is 66.2 Å². The second-order valence-corrected chi connectivity index (χ2v) is 10.0. The lowest BCUT2D eigenvalue weighted by Crippen LogP contribution is -2.37. The van der Waals surface area contributed by atoms with Crippen molar-refractivity contribution in [3.8, 4) is 5.75 Å². The fourth-order valence-electron chi connectivity index (χ4n) is 5.15. The topological polar surface area (TPSA) is 44.3 Å². The molecule has 1 aliphatic rings. The van der Waals surface area contributed by atoms with Crippen LogP contribution in [0.25, 0.3) is 11.0 Å². The van der Waals surface area contributed by atoms with E-state index in [1.165, 1.54) is 12.0 Å². The Kier molecular flexibility index (Phi) is 7.06. The van der Waals surface area contributed by atoms with Gasteiger partial charge in [0.1, 0.15) is 11.9 Å². The highest BCUT2D eigenvalue weighted by Gasteiger charge is 2.34. The molecule has 0 radical (unpaired) electrons. The summed E-state index contributed by atoms with van der Waals surface area (Å²) >= 11 is 0. The van der Waals surface area contributed by atoms with Crippen molar-refractivity contribution in [1.82, 2.24) is 4.57 Å². The van der Waals surface area contributed by atoms with E-state index in [-0.39, 0.29) is 18.6 Å². The largest absolute Gasteiger partial charge is 0.481 e. The van der Waals surface area contributed by atoms with Crippen molar-refractivity contribution in [3.63, 3.8) is 0 Å². The first-order valence-electron chi connectivity index (χ1n) is 12.2. The fourth-order valence-corrected chi connectivity index (χ4v) is 5.15. The maximum Gasteiger partial charge on any atom is 0.348 e. The van der Waals surface area contributed by atoms with E-state index in [1.807, 2.05) is 48.0 Å². The van der Waals surface area contributed by atoms with Crippen molar-refractivity contribution >= 4 is 17.0 Å². The molecular formula is C28H37N2O3+. The van der Waals surface area contributed by atoms with Gasteiger partial charge in [0.2, 0.25) is 0 Å². The number of aryl methyl sites for hydroxylation is 2. The molecule has 176 valence electrons. The van der Waals surface area contributed by atoms with Gasteiger partial charge in [0.05, 0.1) is 7.05 Å². The lowest BCUT2D eigenvalue weighted by Gasteiger charge is -2.36. The maximum absolute atomic E-state index is 13.2. The number of imidazole rings is 1. The highest BCUT2D eigenvalue weighted by atomic mass is 16.5. The minimum absolute atomic E-state index is 0.00378. The van der Waals surface area contributed by atoms with Crippen molar-refractivity contribution in [2.75, 3.05) is 0 Å². The molecule has 3 atom stereocenters. The highest BCUT2D eigenvalue weighted by Crippen LogP contribution is 2.35. The van der Waals surface area contributed by atoms with Gasteiger partial charge >= 0.3 is 5.97 Å². The molecule has 33 heavy (non-hydrogen) atoms. The van der Waals surface area contributed by atoms with Gasteiger partial charge in [-0.3, -0.25) is 0 Å². The summed E-state index contributed by atoms with van der Waals surface area (Å²) in [5.74, 6) is 3.13. The molecule has 5 heteroatoms. The van der Waals surface area contributed by atoms with Crippen LogP contribution in [-0.4, -0.2) is 16.6 Å². The second-order valence-electron chi connectivity index (χ2n) is 10.0. The van der Waals surface area contributed by atoms with Crippen LogP contribution < -0.4 is 9.30 Å². The zero-order valence-electron chi connectivity index (χ0n) is 20.6. The van der Waals surface area contributed by atoms with Gasteiger partial charge in [0, 0.05) is 0 Å². The lowest BCUT2D eigenvalue weighted by molar-refractivity contribution is -0.655. The zero-order chi connectivity index (χ0) is 23.5. The Balaban J connectivity index is 1.56. The predicted octanol–water partition coefficient (Wildman–Crippen LogP) is 5.36. The van der Waals surface area contributed by atoms with Crippen LogP contribution in [0.1, 0.15) is 51.4 Å². The molecule has 0 bridgehead atoms. The molecule has 2 aromatic carbocycles. The summed E-state index contributed by atoms with van der Waals surface area (Å²) in [5, 5.41) is 0. The Morgan fingerprint density at radius 2 is 1.85 bits per heavy atom. The molecule has 4 rings (SSSR count). The quantitative estimate of drug-likeness (QED) is 0.360. The van der Waals surface area contributed by atoms with Gasteiger partial charge in [-0.2, -0.15) is 0 Å². The molecule has 3 aromatic rings. The Bertz CT molecular complexity index is 1100. The summed E-state index contributed by atoms with van der Waals surface area (Å²) in [6.07, 6.45) is 3.31. The van der Waals surface area contributed by atoms with Crippen molar-refractivity contribution in [1.29, 1.82) is 0 Å². The van der Waals surface area contributed by atoms with Crippen LogP contribution in [0.4, 0.5) is 0 Å². The van der Waals surface area contributed by atoms with Crippen LogP contribution in [-0.2, 0) is 29.7 Å². The molecule has 1 heterocycles. The average Bonchev–Trinajstić information content (AvgIpc) is 3.04. The predicted molar refractivity (Wildman–Crippen MR) is 130 cm³/mol. The Morgan fingerprint density at radius 3 is 2.58 bits per heavy atom. The molecule has 0 spiro atoms. The summed E-state index contributed by atoms with van der Waals surface area (Å²) in [5.41, 5.74) is 3.28. The number of rotatable bonds is 7. The molecule has 1 aromatic heterocycles. The Labute approximate surface area is 197 Å². The lowest BCUT2D eigenvalue weighted by atomic mass is 9.75. The van der Waals surface area contributed by atoms with Gasteiger partial charge in [-0.1, -0.05) is 57.0 Å². The summed E-state index contributed by atoms with van der Waals surface area (Å²) in [4.78, 5) is 13.2. The third-order valence-electron chi connectivity index (χ3n) is 7.15. The normalized spacial score (nSPS) is 20.8. The van der Waals surface area contributed by atoms with Crippen LogP contribution >= 0.6 is 0 Å². The van der Waals surface area contributed by atoms with E-state index in [1.54, 1.807) is 0 Å². The van der Waals surface area contributed by atoms with E-state index in [9.17, 15) is 4.79 Å². The van der Waals surface area contributed by atoms with E-state index in [0.717, 1.165) is 35.4 Å². The number of carbonyl (C=O) groups is 1. The highest BCUT2D eigenvalue weighted by molar-refractivity contribution is 5.76. The van der Waals surface area contributed by atoms with Gasteiger partial charge in [-0.15, -0.1) is 0 Å². The summed E-state index contributed by atoms with van der Waals surface area (Å²) in [6, 6.07) is 16.2. The van der Waals surface area contributed by atoms with Crippen LogP contribution in [0.2, 0.25) is 0 Å². The van der Waals surface area contributed by atoms with Gasteiger partial charge in [0.15, 0.2) is 24.2 Å². The molecule has 1 fully saturated rings. The van der Waals surface area contributed by atoms with E-state index in [4.69, 9.17) is 9.47 Å². The summed E-state index contributed by atoms with van der Waals surface area (Å²) in [6.45, 7) is 9.35. The number of fused-ring (bicyclic) bond motifs is 1. The van der Waals surface area contributed by atoms with Crippen LogP contribution in [0.3, 0.4) is 0 Å². The molecule has 5 nitrogen and oxygen atoms in total. The monoisotopic (exact) mass is 449 g/mol. The molecule has 0 amide bonds. The molecule has 0 saturated heterocycles. The minimum atomic E-state index is -0.169. The number of carbonyl (C=O) groups excluding carboxylic acids is 1. The van der Waals surface area contributed by atoms with Crippen LogP contribution in [0, 0.1) is 24.7 Å². The van der Waals surface area contributed by atoms with Gasteiger partial charge < -0.3 is 9.47 Å².